The molecular weight excluding hydrogens is 164 g/mol. The largest absolute Gasteiger partial charge is 0.481 e. The van der Waals surface area contributed by atoms with Gasteiger partial charge in [-0.25, -0.2) is 0 Å². The first-order valence-electron chi connectivity index (χ1n) is 5.05. The summed E-state index contributed by atoms with van der Waals surface area (Å²) < 4.78 is 0. The van der Waals surface area contributed by atoms with Gasteiger partial charge in [-0.05, 0) is 25.2 Å². The Balaban J connectivity index is 2.57. The average molecular weight is 182 g/mol. The Morgan fingerprint density at radius 3 is 2.85 bits per heavy atom. The van der Waals surface area contributed by atoms with Crippen LogP contribution in [0.5, 0.6) is 0 Å². The van der Waals surface area contributed by atoms with Crippen LogP contribution in [0.1, 0.15) is 39.5 Å². The van der Waals surface area contributed by atoms with Crippen molar-refractivity contribution < 1.29 is 9.90 Å². The Kier molecular flexibility index (Phi) is 3.52. The third kappa shape index (κ3) is 2.58. The molecular formula is C11H18O2. The van der Waals surface area contributed by atoms with Gasteiger partial charge in [-0.1, -0.05) is 31.9 Å². The number of carbonyl (C=O) groups is 1. The first-order valence-corrected chi connectivity index (χ1v) is 5.05. The van der Waals surface area contributed by atoms with E-state index in [0.29, 0.717) is 5.92 Å². The second-order valence-electron chi connectivity index (χ2n) is 3.97. The van der Waals surface area contributed by atoms with Crippen LogP contribution < -0.4 is 0 Å². The fraction of sp³-hybridized carbons (Fsp3) is 0.727. The number of aliphatic carboxylic acids is 1. The molecule has 74 valence electrons. The van der Waals surface area contributed by atoms with Crippen molar-refractivity contribution in [1.82, 2.24) is 0 Å². The Morgan fingerprint density at radius 1 is 1.69 bits per heavy atom. The van der Waals surface area contributed by atoms with Gasteiger partial charge in [0.15, 0.2) is 0 Å². The first-order chi connectivity index (χ1) is 6.15. The number of allylic oxidation sites excluding steroid dienone is 2. The lowest BCUT2D eigenvalue weighted by atomic mass is 9.80. The molecule has 0 unspecified atom stereocenters. The highest BCUT2D eigenvalue weighted by Crippen LogP contribution is 2.31. The maximum Gasteiger partial charge on any atom is 0.307 e. The summed E-state index contributed by atoms with van der Waals surface area (Å²) in [6.45, 7) is 4.20. The van der Waals surface area contributed by atoms with Crippen LogP contribution in [0.2, 0.25) is 0 Å². The molecule has 2 heteroatoms. The molecule has 0 aliphatic heterocycles. The molecule has 2 atom stereocenters. The highest BCUT2D eigenvalue weighted by molar-refractivity contribution is 5.70. The van der Waals surface area contributed by atoms with Gasteiger partial charge in [0.1, 0.15) is 0 Å². The summed E-state index contributed by atoms with van der Waals surface area (Å²) in [7, 11) is 0. The van der Waals surface area contributed by atoms with Crippen LogP contribution in [-0.4, -0.2) is 11.1 Å². The van der Waals surface area contributed by atoms with Crippen molar-refractivity contribution in [2.24, 2.45) is 11.8 Å². The molecule has 13 heavy (non-hydrogen) atoms. The predicted octanol–water partition coefficient (Wildman–Crippen LogP) is 2.84. The zero-order valence-electron chi connectivity index (χ0n) is 8.42. The molecule has 0 aromatic rings. The SMILES string of the molecule is CCCC1=CC[C@@H](C(=O)O)[C@@H](C)C1. The molecule has 0 radical (unpaired) electrons. The van der Waals surface area contributed by atoms with Crippen molar-refractivity contribution >= 4 is 5.97 Å². The maximum atomic E-state index is 10.8. The minimum atomic E-state index is -0.640. The monoisotopic (exact) mass is 182 g/mol. The molecule has 0 fully saturated rings. The smallest absolute Gasteiger partial charge is 0.307 e. The summed E-state index contributed by atoms with van der Waals surface area (Å²) in [4.78, 5) is 10.8. The normalized spacial score (nSPS) is 28.3. The molecule has 1 aliphatic carbocycles. The van der Waals surface area contributed by atoms with Crippen molar-refractivity contribution in [2.75, 3.05) is 0 Å². The molecule has 0 saturated heterocycles. The van der Waals surface area contributed by atoms with Crippen LogP contribution >= 0.6 is 0 Å². The van der Waals surface area contributed by atoms with Gasteiger partial charge in [-0.2, -0.15) is 0 Å². The van der Waals surface area contributed by atoms with Crippen molar-refractivity contribution in [2.45, 2.75) is 39.5 Å². The van der Waals surface area contributed by atoms with Crippen molar-refractivity contribution in [1.29, 1.82) is 0 Å². The van der Waals surface area contributed by atoms with E-state index in [4.69, 9.17) is 5.11 Å². The summed E-state index contributed by atoms with van der Waals surface area (Å²) in [6.07, 6.45) is 6.13. The molecule has 1 aliphatic rings. The molecule has 2 nitrogen and oxygen atoms in total. The lowest BCUT2D eigenvalue weighted by Gasteiger charge is -2.25. The molecule has 0 heterocycles. The number of hydrogen-bond donors (Lipinski definition) is 1. The van der Waals surface area contributed by atoms with Gasteiger partial charge in [0.25, 0.3) is 0 Å². The fourth-order valence-corrected chi connectivity index (χ4v) is 2.03. The second-order valence-corrected chi connectivity index (χ2v) is 3.97. The van der Waals surface area contributed by atoms with E-state index in [1.807, 2.05) is 6.92 Å². The lowest BCUT2D eigenvalue weighted by Crippen LogP contribution is -2.24. The van der Waals surface area contributed by atoms with Crippen LogP contribution in [0.15, 0.2) is 11.6 Å². The Bertz CT molecular complexity index is 218. The number of hydrogen-bond acceptors (Lipinski definition) is 1. The third-order valence-corrected chi connectivity index (χ3v) is 2.82. The topological polar surface area (TPSA) is 37.3 Å². The van der Waals surface area contributed by atoms with Crippen molar-refractivity contribution in [3.63, 3.8) is 0 Å². The van der Waals surface area contributed by atoms with Gasteiger partial charge in [0.05, 0.1) is 5.92 Å². The van der Waals surface area contributed by atoms with Crippen LogP contribution in [0, 0.1) is 11.8 Å². The standard InChI is InChI=1S/C11H18O2/c1-3-4-9-5-6-10(11(12)13)8(2)7-9/h5,8,10H,3-4,6-7H2,1-2H3,(H,12,13)/t8-,10+/m0/s1. The minimum absolute atomic E-state index is 0.152. The van der Waals surface area contributed by atoms with Crippen LogP contribution in [0.4, 0.5) is 0 Å². The lowest BCUT2D eigenvalue weighted by molar-refractivity contribution is -0.143. The van der Waals surface area contributed by atoms with E-state index in [0.717, 1.165) is 25.7 Å². The predicted molar refractivity (Wildman–Crippen MR) is 52.5 cm³/mol. The van der Waals surface area contributed by atoms with Crippen LogP contribution in [-0.2, 0) is 4.79 Å². The summed E-state index contributed by atoms with van der Waals surface area (Å²) >= 11 is 0. The zero-order valence-corrected chi connectivity index (χ0v) is 8.42. The summed E-state index contributed by atoms with van der Waals surface area (Å²) in [6, 6.07) is 0. The van der Waals surface area contributed by atoms with Crippen molar-refractivity contribution in [3.05, 3.63) is 11.6 Å². The summed E-state index contributed by atoms with van der Waals surface area (Å²) in [5.74, 6) is -0.482. The zero-order chi connectivity index (χ0) is 9.84. The second kappa shape index (κ2) is 4.45. The number of rotatable bonds is 3. The summed E-state index contributed by atoms with van der Waals surface area (Å²) in [5.41, 5.74) is 1.45. The minimum Gasteiger partial charge on any atom is -0.481 e. The van der Waals surface area contributed by atoms with Gasteiger partial charge in [-0.15, -0.1) is 0 Å². The van der Waals surface area contributed by atoms with Gasteiger partial charge in [0.2, 0.25) is 0 Å². The van der Waals surface area contributed by atoms with E-state index in [9.17, 15) is 4.79 Å². The van der Waals surface area contributed by atoms with E-state index in [2.05, 4.69) is 13.0 Å². The highest BCUT2D eigenvalue weighted by Gasteiger charge is 2.27. The van der Waals surface area contributed by atoms with Gasteiger partial charge < -0.3 is 5.11 Å². The number of carboxylic acids is 1. The van der Waals surface area contributed by atoms with Gasteiger partial charge in [0, 0.05) is 0 Å². The maximum absolute atomic E-state index is 10.8. The van der Waals surface area contributed by atoms with E-state index in [-0.39, 0.29) is 5.92 Å². The molecule has 0 aromatic carbocycles. The third-order valence-electron chi connectivity index (χ3n) is 2.82. The molecule has 1 rings (SSSR count). The average Bonchev–Trinajstić information content (AvgIpc) is 2.04. The van der Waals surface area contributed by atoms with E-state index in [1.54, 1.807) is 0 Å². The van der Waals surface area contributed by atoms with Crippen molar-refractivity contribution in [3.8, 4) is 0 Å². The fourth-order valence-electron chi connectivity index (χ4n) is 2.03. The van der Waals surface area contributed by atoms with Crippen LogP contribution in [0.25, 0.3) is 0 Å². The Hall–Kier alpha value is -0.790. The first kappa shape index (κ1) is 10.3. The molecule has 0 aromatic heterocycles. The van der Waals surface area contributed by atoms with Gasteiger partial charge in [-0.3, -0.25) is 4.79 Å². The molecule has 0 spiro atoms. The van der Waals surface area contributed by atoms with Gasteiger partial charge >= 0.3 is 5.97 Å². The highest BCUT2D eigenvalue weighted by atomic mass is 16.4. The Labute approximate surface area is 79.6 Å². The number of carboxylic acid groups (broad SMARTS) is 1. The molecule has 0 bridgehead atoms. The summed E-state index contributed by atoms with van der Waals surface area (Å²) in [5, 5.41) is 8.90. The molecule has 0 saturated carbocycles. The molecule has 0 amide bonds. The van der Waals surface area contributed by atoms with E-state index < -0.39 is 5.97 Å². The van der Waals surface area contributed by atoms with E-state index >= 15 is 0 Å². The quantitative estimate of drug-likeness (QED) is 0.681. The Morgan fingerprint density at radius 2 is 2.38 bits per heavy atom. The van der Waals surface area contributed by atoms with Crippen LogP contribution in [0.3, 0.4) is 0 Å². The van der Waals surface area contributed by atoms with E-state index in [1.165, 1.54) is 5.57 Å². The molecule has 1 N–H and O–H groups in total.